The van der Waals surface area contributed by atoms with Crippen molar-refractivity contribution in [3.63, 3.8) is 0 Å². The maximum Gasteiger partial charge on any atom is 0.271 e. The van der Waals surface area contributed by atoms with Gasteiger partial charge >= 0.3 is 0 Å². The summed E-state index contributed by atoms with van der Waals surface area (Å²) < 4.78 is 15.3. The van der Waals surface area contributed by atoms with Gasteiger partial charge in [-0.1, -0.05) is 18.2 Å². The molecule has 200 valence electrons. The second-order valence-electron chi connectivity index (χ2n) is 10.7. The Morgan fingerprint density at radius 3 is 2.41 bits per heavy atom. The number of carbonyl (C=O) groups is 2. The Kier molecular flexibility index (Phi) is 7.24. The maximum atomic E-state index is 14.0. The highest BCUT2D eigenvalue weighted by Gasteiger charge is 2.33. The lowest BCUT2D eigenvalue weighted by Gasteiger charge is -2.33. The van der Waals surface area contributed by atoms with E-state index in [2.05, 4.69) is 31.5 Å². The van der Waals surface area contributed by atoms with Crippen molar-refractivity contribution in [3.05, 3.63) is 96.2 Å². The van der Waals surface area contributed by atoms with Crippen LogP contribution in [0.3, 0.4) is 0 Å². The number of carbonyl (C=O) groups excluding carboxylic acids is 2. The predicted molar refractivity (Wildman–Crippen MR) is 150 cm³/mol. The number of fused-ring (bicyclic) bond motifs is 1. The fraction of sp³-hybridized carbons (Fsp3) is 0.344. The standard InChI is InChI=1S/C32H33FN4O2/c33-26-9-7-23(8-10-26)31(38)24-13-19-35(20-14-24)21-15-27-5-3-18-36(27)32(39)30-22-25-4-1-2-6-29(25)37(30)28-11-16-34-17-12-28/h1-2,4,6-12,16-17,22,24,27H,3,5,13-15,18-21H2. The smallest absolute Gasteiger partial charge is 0.271 e. The van der Waals surface area contributed by atoms with Crippen molar-refractivity contribution in [2.24, 2.45) is 5.92 Å². The molecule has 6 rings (SSSR count). The zero-order chi connectivity index (χ0) is 26.8. The Balaban J connectivity index is 1.11. The predicted octanol–water partition coefficient (Wildman–Crippen LogP) is 5.75. The summed E-state index contributed by atoms with van der Waals surface area (Å²) in [4.78, 5) is 35.4. The van der Waals surface area contributed by atoms with E-state index in [0.29, 0.717) is 11.3 Å². The van der Waals surface area contributed by atoms with Crippen LogP contribution in [0.4, 0.5) is 4.39 Å². The third kappa shape index (κ3) is 5.23. The number of likely N-dealkylation sites (tertiary alicyclic amines) is 2. The minimum Gasteiger partial charge on any atom is -0.334 e. The molecule has 0 bridgehead atoms. The van der Waals surface area contributed by atoms with Crippen molar-refractivity contribution in [1.82, 2.24) is 19.4 Å². The number of hydrogen-bond acceptors (Lipinski definition) is 4. The third-order valence-corrected chi connectivity index (χ3v) is 8.35. The van der Waals surface area contributed by atoms with Gasteiger partial charge in [-0.2, -0.15) is 0 Å². The number of ketones is 1. The second-order valence-corrected chi connectivity index (χ2v) is 10.7. The molecule has 4 heterocycles. The number of pyridine rings is 1. The van der Waals surface area contributed by atoms with Crippen molar-refractivity contribution in [2.45, 2.75) is 38.1 Å². The number of benzene rings is 2. The summed E-state index contributed by atoms with van der Waals surface area (Å²) in [6.45, 7) is 3.43. The fourth-order valence-corrected chi connectivity index (χ4v) is 6.23. The van der Waals surface area contributed by atoms with Crippen LogP contribution in [0.5, 0.6) is 0 Å². The van der Waals surface area contributed by atoms with Crippen LogP contribution in [0.1, 0.15) is 53.0 Å². The molecule has 2 saturated heterocycles. The number of rotatable bonds is 7. The van der Waals surface area contributed by atoms with Gasteiger partial charge in [-0.05, 0) is 93.7 Å². The lowest BCUT2D eigenvalue weighted by Crippen LogP contribution is -2.41. The van der Waals surface area contributed by atoms with Gasteiger partial charge in [-0.25, -0.2) is 4.39 Å². The van der Waals surface area contributed by atoms with Gasteiger partial charge < -0.3 is 14.4 Å². The second kappa shape index (κ2) is 11.1. The summed E-state index contributed by atoms with van der Waals surface area (Å²) in [6, 6.07) is 20.1. The van der Waals surface area contributed by atoms with E-state index in [1.165, 1.54) is 12.1 Å². The maximum absolute atomic E-state index is 14.0. The minimum atomic E-state index is -0.320. The van der Waals surface area contributed by atoms with Crippen molar-refractivity contribution >= 4 is 22.6 Å². The summed E-state index contributed by atoms with van der Waals surface area (Å²) in [5, 5.41) is 1.05. The molecule has 0 N–H and O–H groups in total. The monoisotopic (exact) mass is 524 g/mol. The number of aromatic nitrogens is 2. The molecular weight excluding hydrogens is 491 g/mol. The van der Waals surface area contributed by atoms with E-state index in [1.807, 2.05) is 30.3 Å². The van der Waals surface area contributed by atoms with Gasteiger partial charge in [-0.3, -0.25) is 14.6 Å². The fourth-order valence-electron chi connectivity index (χ4n) is 6.23. The SMILES string of the molecule is O=C(c1ccc(F)cc1)C1CCN(CCC2CCCN2C(=O)c2cc3ccccc3n2-c2ccncc2)CC1. The van der Waals surface area contributed by atoms with Crippen molar-refractivity contribution < 1.29 is 14.0 Å². The van der Waals surface area contributed by atoms with Gasteiger partial charge in [0.1, 0.15) is 11.5 Å². The zero-order valence-electron chi connectivity index (χ0n) is 22.0. The molecule has 4 aromatic rings. The number of amides is 1. The number of para-hydroxylation sites is 1. The molecule has 7 heteroatoms. The van der Waals surface area contributed by atoms with E-state index in [-0.39, 0.29) is 29.5 Å². The average Bonchev–Trinajstić information content (AvgIpc) is 3.61. The molecule has 0 saturated carbocycles. The van der Waals surface area contributed by atoms with E-state index in [0.717, 1.165) is 74.9 Å². The molecule has 2 aliphatic rings. The molecule has 0 spiro atoms. The molecule has 0 radical (unpaired) electrons. The van der Waals surface area contributed by atoms with Crippen LogP contribution in [0, 0.1) is 11.7 Å². The molecule has 2 aromatic heterocycles. The van der Waals surface area contributed by atoms with Gasteiger partial charge in [0.2, 0.25) is 0 Å². The summed E-state index contributed by atoms with van der Waals surface area (Å²) in [5.41, 5.74) is 3.23. The lowest BCUT2D eigenvalue weighted by molar-refractivity contribution is 0.0697. The Morgan fingerprint density at radius 2 is 1.64 bits per heavy atom. The first-order valence-electron chi connectivity index (χ1n) is 13.9. The average molecular weight is 525 g/mol. The lowest BCUT2D eigenvalue weighted by atomic mass is 9.88. The molecular formula is C32H33FN4O2. The Bertz CT molecular complexity index is 1460. The van der Waals surface area contributed by atoms with Crippen LogP contribution in [0.25, 0.3) is 16.6 Å². The van der Waals surface area contributed by atoms with Gasteiger partial charge in [-0.15, -0.1) is 0 Å². The molecule has 0 aliphatic carbocycles. The van der Waals surface area contributed by atoms with E-state index >= 15 is 0 Å². The van der Waals surface area contributed by atoms with Gasteiger partial charge in [0.05, 0.1) is 5.52 Å². The quantitative estimate of drug-likeness (QED) is 0.289. The Labute approximate surface area is 228 Å². The third-order valence-electron chi connectivity index (χ3n) is 8.35. The van der Waals surface area contributed by atoms with Crippen LogP contribution >= 0.6 is 0 Å². The molecule has 2 aromatic carbocycles. The van der Waals surface area contributed by atoms with Gasteiger partial charge in [0.25, 0.3) is 5.91 Å². The van der Waals surface area contributed by atoms with E-state index in [4.69, 9.17) is 0 Å². The molecule has 1 unspecified atom stereocenters. The van der Waals surface area contributed by atoms with Crippen LogP contribution in [0.2, 0.25) is 0 Å². The van der Waals surface area contributed by atoms with E-state index in [1.54, 1.807) is 24.5 Å². The first-order valence-corrected chi connectivity index (χ1v) is 13.9. The van der Waals surface area contributed by atoms with Crippen molar-refractivity contribution in [2.75, 3.05) is 26.2 Å². The van der Waals surface area contributed by atoms with E-state index < -0.39 is 0 Å². The molecule has 1 amide bonds. The summed E-state index contributed by atoms with van der Waals surface area (Å²) in [6.07, 6.45) is 8.10. The molecule has 39 heavy (non-hydrogen) atoms. The highest BCUT2D eigenvalue weighted by molar-refractivity contribution is 6.00. The number of halogens is 1. The zero-order valence-corrected chi connectivity index (χ0v) is 22.0. The summed E-state index contributed by atoms with van der Waals surface area (Å²) in [7, 11) is 0. The van der Waals surface area contributed by atoms with E-state index in [9.17, 15) is 14.0 Å². The molecule has 2 fully saturated rings. The van der Waals surface area contributed by atoms with Crippen LogP contribution in [0.15, 0.2) is 79.1 Å². The number of piperidine rings is 1. The Hall–Kier alpha value is -3.84. The number of Topliss-reactive ketones (excluding diaryl/α,β-unsaturated/α-hetero) is 1. The topological polar surface area (TPSA) is 58.4 Å². The largest absolute Gasteiger partial charge is 0.334 e. The van der Waals surface area contributed by atoms with Crippen LogP contribution < -0.4 is 0 Å². The highest BCUT2D eigenvalue weighted by atomic mass is 19.1. The first kappa shape index (κ1) is 25.4. The normalized spacial score (nSPS) is 18.6. The van der Waals surface area contributed by atoms with Gasteiger partial charge in [0.15, 0.2) is 5.78 Å². The van der Waals surface area contributed by atoms with Crippen LogP contribution in [-0.2, 0) is 0 Å². The van der Waals surface area contributed by atoms with Crippen LogP contribution in [-0.4, -0.2) is 63.3 Å². The number of hydrogen-bond donors (Lipinski definition) is 0. The summed E-state index contributed by atoms with van der Waals surface area (Å²) in [5.74, 6) is -0.132. The minimum absolute atomic E-state index is 0.00799. The number of nitrogens with zero attached hydrogens (tertiary/aromatic N) is 4. The molecule has 1 atom stereocenters. The first-order chi connectivity index (χ1) is 19.1. The van der Waals surface area contributed by atoms with Crippen molar-refractivity contribution in [3.8, 4) is 5.69 Å². The Morgan fingerprint density at radius 1 is 0.897 bits per heavy atom. The summed E-state index contributed by atoms with van der Waals surface area (Å²) >= 11 is 0. The van der Waals surface area contributed by atoms with Gasteiger partial charge in [0, 0.05) is 54.1 Å². The molecule has 6 nitrogen and oxygen atoms in total. The highest BCUT2D eigenvalue weighted by Crippen LogP contribution is 2.29. The molecule has 2 aliphatic heterocycles. The van der Waals surface area contributed by atoms with Crippen molar-refractivity contribution in [1.29, 1.82) is 0 Å².